The maximum absolute atomic E-state index is 12.1. The van der Waals surface area contributed by atoms with Gasteiger partial charge in [-0.1, -0.05) is 28.1 Å². The molecule has 9 heteroatoms. The summed E-state index contributed by atoms with van der Waals surface area (Å²) in [6.45, 7) is 2.75. The van der Waals surface area contributed by atoms with Crippen molar-refractivity contribution in [3.63, 3.8) is 0 Å². The Kier molecular flexibility index (Phi) is 9.68. The van der Waals surface area contributed by atoms with Crippen molar-refractivity contribution in [2.75, 3.05) is 19.0 Å². The lowest BCUT2D eigenvalue weighted by Crippen LogP contribution is -2.24. The SMILES string of the molecule is CCOc1cc(C=NNC(=O)CC(=O)Nc2ccc(OC)cc2)ccc1OCc1ccc(Br)cc1. The summed E-state index contributed by atoms with van der Waals surface area (Å²) in [7, 11) is 1.56. The number of nitrogens with one attached hydrogen (secondary N) is 2. The number of hydrogen-bond donors (Lipinski definition) is 2. The topological polar surface area (TPSA) is 98.2 Å². The van der Waals surface area contributed by atoms with E-state index < -0.39 is 11.8 Å². The molecule has 3 aromatic carbocycles. The van der Waals surface area contributed by atoms with Crippen molar-refractivity contribution in [3.8, 4) is 17.2 Å². The number of halogens is 1. The number of benzene rings is 3. The van der Waals surface area contributed by atoms with Gasteiger partial charge in [0, 0.05) is 10.2 Å². The summed E-state index contributed by atoms with van der Waals surface area (Å²) in [4.78, 5) is 24.1. The van der Waals surface area contributed by atoms with Gasteiger partial charge >= 0.3 is 0 Å². The van der Waals surface area contributed by atoms with Crippen LogP contribution in [0.25, 0.3) is 0 Å². The Labute approximate surface area is 212 Å². The van der Waals surface area contributed by atoms with E-state index in [1.807, 2.05) is 31.2 Å². The van der Waals surface area contributed by atoms with Crippen molar-refractivity contribution in [2.24, 2.45) is 5.10 Å². The summed E-state index contributed by atoms with van der Waals surface area (Å²) in [5, 5.41) is 6.58. The largest absolute Gasteiger partial charge is 0.497 e. The second-order valence-corrected chi connectivity index (χ2v) is 8.22. The van der Waals surface area contributed by atoms with Gasteiger partial charge in [-0.05, 0) is 72.6 Å². The average molecular weight is 540 g/mol. The lowest BCUT2D eigenvalue weighted by molar-refractivity contribution is -0.126. The zero-order valence-corrected chi connectivity index (χ0v) is 21.0. The molecule has 0 saturated carbocycles. The molecule has 3 rings (SSSR count). The van der Waals surface area contributed by atoms with E-state index in [9.17, 15) is 9.59 Å². The minimum absolute atomic E-state index is 0.365. The molecule has 0 radical (unpaired) electrons. The van der Waals surface area contributed by atoms with Crippen molar-refractivity contribution in [2.45, 2.75) is 20.0 Å². The number of nitrogens with zero attached hydrogens (tertiary/aromatic N) is 1. The van der Waals surface area contributed by atoms with Crippen LogP contribution in [0.2, 0.25) is 0 Å². The van der Waals surface area contributed by atoms with Crippen LogP contribution in [0.5, 0.6) is 17.2 Å². The monoisotopic (exact) mass is 539 g/mol. The molecule has 0 unspecified atom stereocenters. The first kappa shape index (κ1) is 25.8. The summed E-state index contributed by atoms with van der Waals surface area (Å²) in [6, 6.07) is 20.0. The summed E-state index contributed by atoms with van der Waals surface area (Å²) < 4.78 is 17.7. The van der Waals surface area contributed by atoms with Gasteiger partial charge in [0.15, 0.2) is 11.5 Å². The Hall–Kier alpha value is -3.85. The van der Waals surface area contributed by atoms with Gasteiger partial charge in [-0.2, -0.15) is 5.10 Å². The van der Waals surface area contributed by atoms with Crippen LogP contribution in [-0.4, -0.2) is 31.7 Å². The summed E-state index contributed by atoms with van der Waals surface area (Å²) >= 11 is 3.42. The van der Waals surface area contributed by atoms with Crippen LogP contribution in [0.15, 0.2) is 76.3 Å². The van der Waals surface area contributed by atoms with E-state index in [4.69, 9.17) is 14.2 Å². The first-order chi connectivity index (χ1) is 17.0. The lowest BCUT2D eigenvalue weighted by Gasteiger charge is -2.12. The van der Waals surface area contributed by atoms with Gasteiger partial charge < -0.3 is 19.5 Å². The highest BCUT2D eigenvalue weighted by Crippen LogP contribution is 2.29. The molecule has 2 N–H and O–H groups in total. The molecule has 35 heavy (non-hydrogen) atoms. The molecule has 0 aliphatic rings. The Morgan fingerprint density at radius 1 is 0.943 bits per heavy atom. The number of methoxy groups -OCH3 is 1. The number of rotatable bonds is 11. The molecule has 0 fully saturated rings. The zero-order valence-electron chi connectivity index (χ0n) is 19.4. The number of ether oxygens (including phenoxy) is 3. The van der Waals surface area contributed by atoms with E-state index in [0.717, 1.165) is 10.0 Å². The zero-order chi connectivity index (χ0) is 25.0. The highest BCUT2D eigenvalue weighted by atomic mass is 79.9. The molecule has 3 aromatic rings. The predicted molar refractivity (Wildman–Crippen MR) is 138 cm³/mol. The number of carbonyl (C=O) groups is 2. The molecule has 0 aliphatic heterocycles. The fraction of sp³-hybridized carbons (Fsp3) is 0.192. The molecule has 182 valence electrons. The minimum atomic E-state index is -0.535. The summed E-state index contributed by atoms with van der Waals surface area (Å²) in [5.41, 5.74) is 4.65. The molecule has 0 spiro atoms. The summed E-state index contributed by atoms with van der Waals surface area (Å²) in [6.07, 6.45) is 1.11. The first-order valence-electron chi connectivity index (χ1n) is 10.9. The fourth-order valence-electron chi connectivity index (χ4n) is 2.98. The number of anilines is 1. The number of hydrazone groups is 1. The normalized spacial score (nSPS) is 10.6. The minimum Gasteiger partial charge on any atom is -0.497 e. The molecule has 0 bridgehead atoms. The van der Waals surface area contributed by atoms with Crippen LogP contribution < -0.4 is 25.0 Å². The average Bonchev–Trinajstić information content (AvgIpc) is 2.85. The number of hydrogen-bond acceptors (Lipinski definition) is 6. The highest BCUT2D eigenvalue weighted by Gasteiger charge is 2.10. The van der Waals surface area contributed by atoms with Crippen molar-refractivity contribution in [3.05, 3.63) is 82.3 Å². The molecule has 8 nitrogen and oxygen atoms in total. The van der Waals surface area contributed by atoms with E-state index >= 15 is 0 Å². The third-order valence-electron chi connectivity index (χ3n) is 4.67. The van der Waals surface area contributed by atoms with Crippen LogP contribution in [0.1, 0.15) is 24.5 Å². The molecule has 0 aliphatic carbocycles. The second-order valence-electron chi connectivity index (χ2n) is 7.30. The van der Waals surface area contributed by atoms with Gasteiger partial charge in [-0.15, -0.1) is 0 Å². The smallest absolute Gasteiger partial charge is 0.249 e. The Morgan fingerprint density at radius 2 is 1.69 bits per heavy atom. The third-order valence-corrected chi connectivity index (χ3v) is 5.20. The van der Waals surface area contributed by atoms with Crippen LogP contribution in [-0.2, 0) is 16.2 Å². The third kappa shape index (κ3) is 8.46. The van der Waals surface area contributed by atoms with Crippen molar-refractivity contribution >= 4 is 39.6 Å². The molecular formula is C26H26BrN3O5. The van der Waals surface area contributed by atoms with E-state index in [1.54, 1.807) is 49.6 Å². The van der Waals surface area contributed by atoms with Crippen LogP contribution in [0, 0.1) is 0 Å². The van der Waals surface area contributed by atoms with Crippen LogP contribution in [0.3, 0.4) is 0 Å². The molecule has 2 amide bonds. The fourth-order valence-corrected chi connectivity index (χ4v) is 3.24. The van der Waals surface area contributed by atoms with Crippen LogP contribution >= 0.6 is 15.9 Å². The molecule has 0 heterocycles. The second kappa shape index (κ2) is 13.1. The maximum Gasteiger partial charge on any atom is 0.249 e. The molecule has 0 saturated heterocycles. The first-order valence-corrected chi connectivity index (χ1v) is 11.7. The predicted octanol–water partition coefficient (Wildman–Crippen LogP) is 4.91. The quantitative estimate of drug-likeness (QED) is 0.205. The Balaban J connectivity index is 1.52. The number of carbonyl (C=O) groups excluding carboxylic acids is 2. The highest BCUT2D eigenvalue weighted by molar-refractivity contribution is 9.10. The van der Waals surface area contributed by atoms with E-state index in [2.05, 4.69) is 31.8 Å². The van der Waals surface area contributed by atoms with Crippen molar-refractivity contribution in [1.82, 2.24) is 5.43 Å². The molecule has 0 aromatic heterocycles. The van der Waals surface area contributed by atoms with Crippen molar-refractivity contribution < 1.29 is 23.8 Å². The maximum atomic E-state index is 12.1. The Bertz CT molecular complexity index is 1160. The van der Waals surface area contributed by atoms with Crippen molar-refractivity contribution in [1.29, 1.82) is 0 Å². The summed E-state index contributed by atoms with van der Waals surface area (Å²) in [5.74, 6) is 0.859. The molecule has 0 atom stereocenters. The van der Waals surface area contributed by atoms with E-state index in [1.165, 1.54) is 6.21 Å². The Morgan fingerprint density at radius 3 is 2.37 bits per heavy atom. The van der Waals surface area contributed by atoms with Gasteiger partial charge in [-0.25, -0.2) is 5.43 Å². The van der Waals surface area contributed by atoms with Gasteiger partial charge in [0.1, 0.15) is 18.8 Å². The van der Waals surface area contributed by atoms with Gasteiger partial charge in [-0.3, -0.25) is 9.59 Å². The van der Waals surface area contributed by atoms with Gasteiger partial charge in [0.2, 0.25) is 11.8 Å². The van der Waals surface area contributed by atoms with Gasteiger partial charge in [0.05, 0.1) is 19.9 Å². The van der Waals surface area contributed by atoms with Crippen LogP contribution in [0.4, 0.5) is 5.69 Å². The van der Waals surface area contributed by atoms with E-state index in [-0.39, 0.29) is 6.42 Å². The number of amides is 2. The van der Waals surface area contributed by atoms with Gasteiger partial charge in [0.25, 0.3) is 0 Å². The standard InChI is InChI=1S/C26H26BrN3O5/c1-3-34-24-14-19(6-13-23(24)35-17-18-4-7-20(27)8-5-18)16-28-30-26(32)15-25(31)29-21-9-11-22(33-2)12-10-21/h4-14,16H,3,15,17H2,1-2H3,(H,29,31)(H,30,32). The van der Waals surface area contributed by atoms with E-state index in [0.29, 0.717) is 41.7 Å². The molecular weight excluding hydrogens is 514 g/mol. The lowest BCUT2D eigenvalue weighted by atomic mass is 10.2.